The molecule has 0 spiro atoms. The van der Waals surface area contributed by atoms with E-state index in [0.717, 1.165) is 30.1 Å². The Morgan fingerprint density at radius 1 is 1.37 bits per heavy atom. The van der Waals surface area contributed by atoms with E-state index in [-0.39, 0.29) is 6.04 Å². The van der Waals surface area contributed by atoms with Gasteiger partial charge in [-0.05, 0) is 19.1 Å². The molecule has 0 aromatic carbocycles. The number of hydrogen-bond donors (Lipinski definition) is 1. The van der Waals surface area contributed by atoms with Gasteiger partial charge in [0.25, 0.3) is 0 Å². The van der Waals surface area contributed by atoms with Gasteiger partial charge in [-0.2, -0.15) is 0 Å². The molecule has 6 heteroatoms. The lowest BCUT2D eigenvalue weighted by atomic mass is 10.2. The maximum Gasteiger partial charge on any atom is 0.160 e. The van der Waals surface area contributed by atoms with Crippen molar-refractivity contribution < 1.29 is 0 Å². The topological polar surface area (TPSA) is 55.1 Å². The van der Waals surface area contributed by atoms with Gasteiger partial charge in [-0.1, -0.05) is 6.07 Å². The largest absolute Gasteiger partial charge is 0.308 e. The lowest BCUT2D eigenvalue weighted by Gasteiger charge is -2.10. The van der Waals surface area contributed by atoms with Crippen LogP contribution in [-0.2, 0) is 6.42 Å². The van der Waals surface area contributed by atoms with Crippen molar-refractivity contribution in [2.45, 2.75) is 19.4 Å². The highest BCUT2D eigenvalue weighted by molar-refractivity contribution is 7.07. The van der Waals surface area contributed by atoms with Crippen molar-refractivity contribution in [1.29, 1.82) is 0 Å². The zero-order valence-corrected chi connectivity index (χ0v) is 11.5. The van der Waals surface area contributed by atoms with Gasteiger partial charge in [0.2, 0.25) is 0 Å². The number of nitrogens with zero attached hydrogens (tertiary/aromatic N) is 4. The zero-order chi connectivity index (χ0) is 13.1. The third kappa shape index (κ3) is 2.64. The Balaban J connectivity index is 1.61. The molecule has 1 N–H and O–H groups in total. The summed E-state index contributed by atoms with van der Waals surface area (Å²) in [7, 11) is 0. The Morgan fingerprint density at radius 2 is 2.32 bits per heavy atom. The quantitative estimate of drug-likeness (QED) is 0.773. The van der Waals surface area contributed by atoms with Crippen molar-refractivity contribution >= 4 is 17.0 Å². The van der Waals surface area contributed by atoms with Crippen molar-refractivity contribution in [2.24, 2.45) is 0 Å². The lowest BCUT2D eigenvalue weighted by Crippen LogP contribution is -2.22. The SMILES string of the molecule is CC(NCCc1nnc2ccccn12)c1cscn1. The Bertz CT molecular complexity index is 646. The minimum Gasteiger partial charge on any atom is -0.308 e. The number of thiazole rings is 1. The van der Waals surface area contributed by atoms with E-state index in [9.17, 15) is 0 Å². The van der Waals surface area contributed by atoms with Crippen LogP contribution in [0.15, 0.2) is 35.3 Å². The summed E-state index contributed by atoms with van der Waals surface area (Å²) in [5.74, 6) is 0.980. The van der Waals surface area contributed by atoms with Crippen LogP contribution in [0.1, 0.15) is 24.5 Å². The zero-order valence-electron chi connectivity index (χ0n) is 10.7. The fourth-order valence-corrected chi connectivity index (χ4v) is 2.65. The first-order chi connectivity index (χ1) is 9.34. The van der Waals surface area contributed by atoms with E-state index in [1.165, 1.54) is 0 Å². The minimum atomic E-state index is 0.269. The molecular weight excluding hydrogens is 258 g/mol. The van der Waals surface area contributed by atoms with Crippen molar-refractivity contribution in [3.05, 3.63) is 46.8 Å². The van der Waals surface area contributed by atoms with Gasteiger partial charge < -0.3 is 5.32 Å². The predicted octanol–water partition coefficient (Wildman–Crippen LogP) is 2.08. The molecule has 0 saturated carbocycles. The van der Waals surface area contributed by atoms with E-state index >= 15 is 0 Å². The Morgan fingerprint density at radius 3 is 3.16 bits per heavy atom. The van der Waals surface area contributed by atoms with Crippen LogP contribution in [0.3, 0.4) is 0 Å². The third-order valence-electron chi connectivity index (χ3n) is 3.08. The number of rotatable bonds is 5. The molecule has 98 valence electrons. The smallest absolute Gasteiger partial charge is 0.160 e. The Labute approximate surface area is 115 Å². The van der Waals surface area contributed by atoms with Crippen molar-refractivity contribution in [3.63, 3.8) is 0 Å². The number of aromatic nitrogens is 4. The Kier molecular flexibility index (Phi) is 3.52. The van der Waals surface area contributed by atoms with Gasteiger partial charge >= 0.3 is 0 Å². The summed E-state index contributed by atoms with van der Waals surface area (Å²) in [4.78, 5) is 4.30. The molecule has 3 aromatic rings. The summed E-state index contributed by atoms with van der Waals surface area (Å²) in [5.41, 5.74) is 3.85. The van der Waals surface area contributed by atoms with Crippen molar-refractivity contribution in [3.8, 4) is 0 Å². The second kappa shape index (κ2) is 5.46. The van der Waals surface area contributed by atoms with Gasteiger partial charge in [0.15, 0.2) is 5.65 Å². The van der Waals surface area contributed by atoms with Crippen molar-refractivity contribution in [2.75, 3.05) is 6.54 Å². The molecule has 19 heavy (non-hydrogen) atoms. The summed E-state index contributed by atoms with van der Waals surface area (Å²) in [5, 5.41) is 13.9. The molecule has 0 radical (unpaired) electrons. The second-order valence-corrected chi connectivity index (χ2v) is 5.10. The lowest BCUT2D eigenvalue weighted by molar-refractivity contribution is 0.559. The van der Waals surface area contributed by atoms with Crippen LogP contribution < -0.4 is 5.32 Å². The van der Waals surface area contributed by atoms with E-state index in [4.69, 9.17) is 0 Å². The second-order valence-electron chi connectivity index (χ2n) is 4.38. The van der Waals surface area contributed by atoms with E-state index in [2.05, 4.69) is 32.8 Å². The number of hydrogen-bond acceptors (Lipinski definition) is 5. The molecule has 0 fully saturated rings. The van der Waals surface area contributed by atoms with Crippen LogP contribution >= 0.6 is 11.3 Å². The summed E-state index contributed by atoms with van der Waals surface area (Å²) >= 11 is 1.62. The summed E-state index contributed by atoms with van der Waals surface area (Å²) in [6.07, 6.45) is 2.84. The first kappa shape index (κ1) is 12.3. The van der Waals surface area contributed by atoms with Gasteiger partial charge in [0.1, 0.15) is 5.82 Å². The van der Waals surface area contributed by atoms with Gasteiger partial charge in [-0.15, -0.1) is 21.5 Å². The van der Waals surface area contributed by atoms with Crippen molar-refractivity contribution in [1.82, 2.24) is 24.9 Å². The van der Waals surface area contributed by atoms with Gasteiger partial charge in [0, 0.05) is 30.6 Å². The molecule has 1 atom stereocenters. The first-order valence-corrected chi connectivity index (χ1v) is 7.19. The van der Waals surface area contributed by atoms with Crippen LogP contribution in [0.2, 0.25) is 0 Å². The van der Waals surface area contributed by atoms with Crippen LogP contribution in [0, 0.1) is 0 Å². The van der Waals surface area contributed by atoms with E-state index in [1.807, 2.05) is 34.3 Å². The fraction of sp³-hybridized carbons (Fsp3) is 0.308. The van der Waals surface area contributed by atoms with Gasteiger partial charge in [0.05, 0.1) is 11.2 Å². The number of nitrogens with one attached hydrogen (secondary N) is 1. The van der Waals surface area contributed by atoms with Crippen LogP contribution in [0.4, 0.5) is 0 Å². The molecule has 3 heterocycles. The summed E-state index contributed by atoms with van der Waals surface area (Å²) < 4.78 is 2.02. The van der Waals surface area contributed by atoms with Crippen LogP contribution in [-0.4, -0.2) is 26.1 Å². The van der Waals surface area contributed by atoms with Gasteiger partial charge in [-0.3, -0.25) is 4.40 Å². The minimum absolute atomic E-state index is 0.269. The number of fused-ring (bicyclic) bond motifs is 1. The molecule has 5 nitrogen and oxygen atoms in total. The predicted molar refractivity (Wildman–Crippen MR) is 75.2 cm³/mol. The molecule has 3 rings (SSSR count). The van der Waals surface area contributed by atoms with Crippen LogP contribution in [0.25, 0.3) is 5.65 Å². The highest BCUT2D eigenvalue weighted by atomic mass is 32.1. The monoisotopic (exact) mass is 273 g/mol. The average molecular weight is 273 g/mol. The molecule has 0 bridgehead atoms. The highest BCUT2D eigenvalue weighted by Crippen LogP contribution is 2.11. The molecule has 0 aliphatic rings. The molecule has 1 unspecified atom stereocenters. The average Bonchev–Trinajstić information content (AvgIpc) is 3.08. The van der Waals surface area contributed by atoms with Gasteiger partial charge in [-0.25, -0.2) is 4.98 Å². The summed E-state index contributed by atoms with van der Waals surface area (Å²) in [6, 6.07) is 6.19. The fourth-order valence-electron chi connectivity index (χ4n) is 2.00. The standard InChI is InChI=1S/C13H15N5S/c1-10(11-8-19-9-15-11)14-6-5-13-17-16-12-4-2-3-7-18(12)13/h2-4,7-10,14H,5-6H2,1H3. The van der Waals surface area contributed by atoms with E-state index < -0.39 is 0 Å². The summed E-state index contributed by atoms with van der Waals surface area (Å²) in [6.45, 7) is 2.98. The molecule has 0 saturated heterocycles. The number of pyridine rings is 1. The molecule has 3 aromatic heterocycles. The molecule has 0 amide bonds. The maximum atomic E-state index is 4.30. The third-order valence-corrected chi connectivity index (χ3v) is 3.68. The van der Waals surface area contributed by atoms with E-state index in [0.29, 0.717) is 0 Å². The Hall–Kier alpha value is -1.79. The first-order valence-electron chi connectivity index (χ1n) is 6.24. The molecular formula is C13H15N5S. The van der Waals surface area contributed by atoms with Crippen LogP contribution in [0.5, 0.6) is 0 Å². The highest BCUT2D eigenvalue weighted by Gasteiger charge is 2.08. The molecule has 0 aliphatic heterocycles. The van der Waals surface area contributed by atoms with E-state index in [1.54, 1.807) is 11.3 Å². The normalized spacial score (nSPS) is 12.9. The maximum absolute atomic E-state index is 4.30. The molecule has 0 aliphatic carbocycles.